The van der Waals surface area contributed by atoms with Crippen LogP contribution in [0.4, 0.5) is 0 Å². The van der Waals surface area contributed by atoms with Gasteiger partial charge in [0.2, 0.25) is 0 Å². The normalized spacial score (nSPS) is 13.0. The molecule has 1 amide bonds. The predicted molar refractivity (Wildman–Crippen MR) is 120 cm³/mol. The molecule has 4 rings (SSSR count). The third-order valence-electron chi connectivity index (χ3n) is 5.18. The maximum Gasteiger partial charge on any atom is 0.337 e. The van der Waals surface area contributed by atoms with Gasteiger partial charge in [0.15, 0.2) is 6.61 Å². The van der Waals surface area contributed by atoms with Crippen LogP contribution in [0.25, 0.3) is 11.3 Å². The van der Waals surface area contributed by atoms with Gasteiger partial charge in [-0.2, -0.15) is 5.10 Å². The molecule has 1 aromatic heterocycles. The topological polar surface area (TPSA) is 101 Å². The molecule has 0 bridgehead atoms. The van der Waals surface area contributed by atoms with E-state index in [0.717, 1.165) is 12.8 Å². The first-order valence-corrected chi connectivity index (χ1v) is 10.6. The number of aryl methyl sites for hydroxylation is 2. The van der Waals surface area contributed by atoms with Crippen molar-refractivity contribution in [3.8, 4) is 17.1 Å². The third kappa shape index (κ3) is 5.18. The first kappa shape index (κ1) is 21.6. The van der Waals surface area contributed by atoms with Crippen LogP contribution >= 0.6 is 11.6 Å². The number of hydrogen-bond donors (Lipinski definition) is 2. The average molecular weight is 453 g/mol. The lowest BCUT2D eigenvalue weighted by Gasteiger charge is -2.16. The zero-order valence-corrected chi connectivity index (χ0v) is 17.9. The van der Waals surface area contributed by atoms with Crippen LogP contribution in [0.15, 0.2) is 58.0 Å². The highest BCUT2D eigenvalue weighted by Crippen LogP contribution is 2.27. The fourth-order valence-corrected chi connectivity index (χ4v) is 3.77. The number of rotatable bonds is 7. The fourth-order valence-electron chi connectivity index (χ4n) is 3.57. The van der Waals surface area contributed by atoms with Crippen molar-refractivity contribution in [3.05, 3.63) is 76.0 Å². The first-order valence-electron chi connectivity index (χ1n) is 10.2. The van der Waals surface area contributed by atoms with E-state index in [2.05, 4.69) is 16.6 Å². The number of hydrazone groups is 1. The molecule has 0 saturated carbocycles. The minimum absolute atomic E-state index is 0.0121. The van der Waals surface area contributed by atoms with Crippen molar-refractivity contribution in [2.45, 2.75) is 25.7 Å². The standard InChI is InChI=1S/C24H21ClN2O5/c25-21-9-6-17(12-20(21)24(29)30)22-10-8-19(32-22)13-26-27-23(28)14-31-18-7-5-15-3-1-2-4-16(15)11-18/h5-13H,1-4,14H2,(H,27,28)(H,29,30)/b26-13-. The molecule has 0 atom stereocenters. The largest absolute Gasteiger partial charge is 0.484 e. The molecule has 1 heterocycles. The Hall–Kier alpha value is -3.58. The zero-order chi connectivity index (χ0) is 22.5. The molecule has 0 saturated heterocycles. The number of aromatic carboxylic acids is 1. The molecule has 164 valence electrons. The van der Waals surface area contributed by atoms with Crippen molar-refractivity contribution < 1.29 is 23.8 Å². The van der Waals surface area contributed by atoms with Crippen molar-refractivity contribution >= 4 is 29.7 Å². The van der Waals surface area contributed by atoms with Gasteiger partial charge in [0.1, 0.15) is 17.3 Å². The van der Waals surface area contributed by atoms with E-state index in [9.17, 15) is 14.7 Å². The molecule has 1 aliphatic carbocycles. The maximum absolute atomic E-state index is 12.0. The van der Waals surface area contributed by atoms with Crippen LogP contribution in [-0.2, 0) is 17.6 Å². The summed E-state index contributed by atoms with van der Waals surface area (Å²) in [5, 5.41) is 13.2. The molecule has 1 aliphatic rings. The monoisotopic (exact) mass is 452 g/mol. The number of benzene rings is 2. The highest BCUT2D eigenvalue weighted by molar-refractivity contribution is 6.33. The molecule has 0 aliphatic heterocycles. The Kier molecular flexibility index (Phi) is 6.56. The summed E-state index contributed by atoms with van der Waals surface area (Å²) in [5.41, 5.74) is 5.59. The van der Waals surface area contributed by atoms with Crippen LogP contribution in [0.1, 0.15) is 40.1 Å². The smallest absolute Gasteiger partial charge is 0.337 e. The molecular formula is C24H21ClN2O5. The minimum atomic E-state index is -1.12. The van der Waals surface area contributed by atoms with Gasteiger partial charge >= 0.3 is 5.97 Å². The van der Waals surface area contributed by atoms with Gasteiger partial charge in [-0.3, -0.25) is 4.79 Å². The summed E-state index contributed by atoms with van der Waals surface area (Å²) in [5.74, 6) is -0.000343. The predicted octanol–water partition coefficient (Wildman–Crippen LogP) is 4.71. The summed E-state index contributed by atoms with van der Waals surface area (Å²) in [6.45, 7) is -0.151. The average Bonchev–Trinajstić information content (AvgIpc) is 3.26. The lowest BCUT2D eigenvalue weighted by molar-refractivity contribution is -0.123. The number of fused-ring (bicyclic) bond motifs is 1. The molecule has 8 heteroatoms. The number of hydrogen-bond acceptors (Lipinski definition) is 5. The summed E-state index contributed by atoms with van der Waals surface area (Å²) in [4.78, 5) is 23.2. The maximum atomic E-state index is 12.0. The Morgan fingerprint density at radius 1 is 1.09 bits per heavy atom. The lowest BCUT2D eigenvalue weighted by Crippen LogP contribution is -2.24. The second-order valence-corrected chi connectivity index (χ2v) is 7.83. The molecule has 2 N–H and O–H groups in total. The highest BCUT2D eigenvalue weighted by Gasteiger charge is 2.13. The third-order valence-corrected chi connectivity index (χ3v) is 5.51. The van der Waals surface area contributed by atoms with Crippen LogP contribution < -0.4 is 10.2 Å². The van der Waals surface area contributed by atoms with Crippen LogP contribution in [0, 0.1) is 0 Å². The fraction of sp³-hybridized carbons (Fsp3) is 0.208. The van der Waals surface area contributed by atoms with E-state index in [-0.39, 0.29) is 17.2 Å². The Morgan fingerprint density at radius 3 is 2.72 bits per heavy atom. The van der Waals surface area contributed by atoms with Gasteiger partial charge < -0.3 is 14.3 Å². The van der Waals surface area contributed by atoms with E-state index in [4.69, 9.17) is 20.8 Å². The molecular weight excluding hydrogens is 432 g/mol. The van der Waals surface area contributed by atoms with Gasteiger partial charge in [0.25, 0.3) is 5.91 Å². The molecule has 32 heavy (non-hydrogen) atoms. The number of amides is 1. The van der Waals surface area contributed by atoms with Crippen LogP contribution in [-0.4, -0.2) is 29.8 Å². The summed E-state index contributed by atoms with van der Waals surface area (Å²) < 4.78 is 11.2. The highest BCUT2D eigenvalue weighted by atomic mass is 35.5. The Bertz CT molecular complexity index is 1180. The Labute approximate surface area is 189 Å². The van der Waals surface area contributed by atoms with Crippen molar-refractivity contribution in [2.75, 3.05) is 6.61 Å². The number of carboxylic acid groups (broad SMARTS) is 1. The molecule has 3 aromatic rings. The van der Waals surface area contributed by atoms with Crippen LogP contribution in [0.3, 0.4) is 0 Å². The SMILES string of the molecule is O=C(COc1ccc2c(c1)CCCC2)N/N=C\c1ccc(-c2ccc(Cl)c(C(=O)O)c2)o1. The van der Waals surface area contributed by atoms with Gasteiger partial charge in [-0.1, -0.05) is 17.7 Å². The van der Waals surface area contributed by atoms with Gasteiger partial charge in [-0.15, -0.1) is 0 Å². The van der Waals surface area contributed by atoms with Gasteiger partial charge in [0, 0.05) is 5.56 Å². The quantitative estimate of drug-likeness (QED) is 0.399. The van der Waals surface area contributed by atoms with Gasteiger partial charge in [-0.25, -0.2) is 10.2 Å². The Balaban J connectivity index is 1.31. The second kappa shape index (κ2) is 9.70. The van der Waals surface area contributed by atoms with Crippen molar-refractivity contribution in [1.82, 2.24) is 5.43 Å². The van der Waals surface area contributed by atoms with Gasteiger partial charge in [-0.05, 0) is 79.3 Å². The lowest BCUT2D eigenvalue weighted by atomic mass is 9.92. The number of halogens is 1. The number of carbonyl (C=O) groups excluding carboxylic acids is 1. The second-order valence-electron chi connectivity index (χ2n) is 7.42. The summed E-state index contributed by atoms with van der Waals surface area (Å²) in [7, 11) is 0. The van der Waals surface area contributed by atoms with Gasteiger partial charge in [0.05, 0.1) is 16.8 Å². The van der Waals surface area contributed by atoms with Crippen molar-refractivity contribution in [1.29, 1.82) is 0 Å². The molecule has 0 radical (unpaired) electrons. The molecule has 7 nitrogen and oxygen atoms in total. The first-order chi connectivity index (χ1) is 15.5. The number of nitrogens with zero attached hydrogens (tertiary/aromatic N) is 1. The summed E-state index contributed by atoms with van der Waals surface area (Å²) >= 11 is 5.90. The van der Waals surface area contributed by atoms with Crippen molar-refractivity contribution in [2.24, 2.45) is 5.10 Å². The molecule has 0 unspecified atom stereocenters. The van der Waals surface area contributed by atoms with E-state index in [1.807, 2.05) is 12.1 Å². The van der Waals surface area contributed by atoms with E-state index < -0.39 is 11.9 Å². The number of ether oxygens (including phenoxy) is 1. The molecule has 0 fully saturated rings. The molecule has 0 spiro atoms. The number of nitrogens with one attached hydrogen (secondary N) is 1. The van der Waals surface area contributed by atoms with E-state index in [1.54, 1.807) is 18.2 Å². The van der Waals surface area contributed by atoms with Crippen molar-refractivity contribution in [3.63, 3.8) is 0 Å². The summed E-state index contributed by atoms with van der Waals surface area (Å²) in [6.07, 6.45) is 5.89. The summed E-state index contributed by atoms with van der Waals surface area (Å²) in [6, 6.07) is 13.9. The van der Waals surface area contributed by atoms with Crippen LogP contribution in [0.5, 0.6) is 5.75 Å². The Morgan fingerprint density at radius 2 is 1.91 bits per heavy atom. The van der Waals surface area contributed by atoms with E-state index in [0.29, 0.717) is 22.8 Å². The number of furan rings is 1. The van der Waals surface area contributed by atoms with Crippen LogP contribution in [0.2, 0.25) is 5.02 Å². The van der Waals surface area contributed by atoms with E-state index in [1.165, 1.54) is 42.3 Å². The number of carbonyl (C=O) groups is 2. The minimum Gasteiger partial charge on any atom is -0.484 e. The zero-order valence-electron chi connectivity index (χ0n) is 17.1. The number of carboxylic acids is 1. The van der Waals surface area contributed by atoms with E-state index >= 15 is 0 Å². The molecule has 2 aromatic carbocycles.